The maximum absolute atomic E-state index is 14.0. The van der Waals surface area contributed by atoms with E-state index in [0.717, 1.165) is 11.1 Å². The number of aryl methyl sites for hydroxylation is 1. The molecule has 1 aromatic heterocycles. The van der Waals surface area contributed by atoms with E-state index in [1.807, 2.05) is 6.92 Å². The smallest absolute Gasteiger partial charge is 0.281 e. The van der Waals surface area contributed by atoms with E-state index in [0.29, 0.717) is 24.2 Å². The van der Waals surface area contributed by atoms with Crippen LogP contribution in [0.5, 0.6) is 0 Å². The molecular formula is C20H24FN5O3S. The number of nitrogens with one attached hydrogen (secondary N) is 1. The molecule has 160 valence electrons. The lowest BCUT2D eigenvalue weighted by molar-refractivity contribution is 0.102. The molecule has 1 N–H and O–H groups in total. The molecule has 10 heteroatoms. The summed E-state index contributed by atoms with van der Waals surface area (Å²) in [6.07, 6.45) is 3.45. The van der Waals surface area contributed by atoms with Crippen LogP contribution in [0.3, 0.4) is 0 Å². The minimum absolute atomic E-state index is 0.0428. The molecule has 0 aliphatic carbocycles. The molecule has 2 heterocycles. The highest BCUT2D eigenvalue weighted by molar-refractivity contribution is 7.86. The molecule has 0 bridgehead atoms. The zero-order valence-corrected chi connectivity index (χ0v) is 18.1. The van der Waals surface area contributed by atoms with Crippen molar-refractivity contribution in [3.05, 3.63) is 58.8 Å². The van der Waals surface area contributed by atoms with Crippen LogP contribution in [0, 0.1) is 12.7 Å². The van der Waals surface area contributed by atoms with Crippen molar-refractivity contribution in [2.45, 2.75) is 20.3 Å². The number of halogens is 1. The largest absolute Gasteiger partial charge is 0.305 e. The van der Waals surface area contributed by atoms with Gasteiger partial charge in [0, 0.05) is 27.2 Å². The standard InChI is InChI=1S/C20H24FN5O3S/c1-13-8-9-26(30(28,29)25(3)4)12-15(13)17-10-23-18(11-22-17)24-20(27)19-14(2)6-5-7-16(19)21/h5-7,10-11H,8-9,12H2,1-4H3,(H,23,24,27). The van der Waals surface area contributed by atoms with Crippen molar-refractivity contribution in [3.63, 3.8) is 0 Å². The van der Waals surface area contributed by atoms with Gasteiger partial charge in [0.1, 0.15) is 5.82 Å². The van der Waals surface area contributed by atoms with E-state index in [1.54, 1.807) is 13.0 Å². The summed E-state index contributed by atoms with van der Waals surface area (Å²) in [7, 11) is -0.546. The number of amides is 1. The van der Waals surface area contributed by atoms with E-state index in [-0.39, 0.29) is 17.9 Å². The van der Waals surface area contributed by atoms with Crippen molar-refractivity contribution in [2.75, 3.05) is 32.5 Å². The van der Waals surface area contributed by atoms with Gasteiger partial charge in [-0.1, -0.05) is 17.7 Å². The molecule has 1 amide bonds. The van der Waals surface area contributed by atoms with Gasteiger partial charge >= 0.3 is 0 Å². The van der Waals surface area contributed by atoms with Gasteiger partial charge in [0.2, 0.25) is 0 Å². The van der Waals surface area contributed by atoms with E-state index in [4.69, 9.17) is 0 Å². The average molecular weight is 434 g/mol. The van der Waals surface area contributed by atoms with Gasteiger partial charge in [0.15, 0.2) is 5.82 Å². The SMILES string of the molecule is CC1=C(c2cnc(NC(=O)c3c(C)cccc3F)cn2)CN(S(=O)(=O)N(C)C)CC1. The summed E-state index contributed by atoms with van der Waals surface area (Å²) in [5.74, 6) is -1.04. The molecule has 0 spiro atoms. The Morgan fingerprint density at radius 1 is 1.20 bits per heavy atom. The molecule has 1 aliphatic rings. The minimum atomic E-state index is -3.54. The lowest BCUT2D eigenvalue weighted by Gasteiger charge is -2.30. The van der Waals surface area contributed by atoms with Gasteiger partial charge in [-0.25, -0.2) is 9.37 Å². The average Bonchev–Trinajstić information content (AvgIpc) is 2.68. The van der Waals surface area contributed by atoms with Crippen LogP contribution < -0.4 is 5.32 Å². The van der Waals surface area contributed by atoms with Crippen LogP contribution in [0.15, 0.2) is 36.2 Å². The normalized spacial score (nSPS) is 15.5. The predicted molar refractivity (Wildman–Crippen MR) is 113 cm³/mol. The third-order valence-electron chi connectivity index (χ3n) is 5.03. The highest BCUT2D eigenvalue weighted by Crippen LogP contribution is 2.27. The first-order chi connectivity index (χ1) is 14.1. The first kappa shape index (κ1) is 22.0. The van der Waals surface area contributed by atoms with Crippen LogP contribution in [-0.4, -0.2) is 60.1 Å². The zero-order chi connectivity index (χ0) is 22.1. The van der Waals surface area contributed by atoms with Crippen LogP contribution in [-0.2, 0) is 10.2 Å². The predicted octanol–water partition coefficient (Wildman–Crippen LogP) is 2.46. The number of aromatic nitrogens is 2. The second-order valence-electron chi connectivity index (χ2n) is 7.31. The van der Waals surface area contributed by atoms with Crippen LogP contribution >= 0.6 is 0 Å². The molecule has 0 radical (unpaired) electrons. The summed E-state index contributed by atoms with van der Waals surface area (Å²) in [4.78, 5) is 21.0. The molecule has 3 rings (SSSR count). The highest BCUT2D eigenvalue weighted by Gasteiger charge is 2.29. The Labute approximate surface area is 175 Å². The summed E-state index contributed by atoms with van der Waals surface area (Å²) in [5.41, 5.74) is 2.82. The third kappa shape index (κ3) is 4.40. The van der Waals surface area contributed by atoms with Gasteiger partial charge in [0.25, 0.3) is 16.1 Å². The Morgan fingerprint density at radius 3 is 2.53 bits per heavy atom. The highest BCUT2D eigenvalue weighted by atomic mass is 32.2. The minimum Gasteiger partial charge on any atom is -0.305 e. The Morgan fingerprint density at radius 2 is 1.93 bits per heavy atom. The molecule has 1 aromatic carbocycles. The Hall–Kier alpha value is -2.69. The number of anilines is 1. The number of hydrogen-bond acceptors (Lipinski definition) is 5. The van der Waals surface area contributed by atoms with E-state index in [9.17, 15) is 17.6 Å². The van der Waals surface area contributed by atoms with Gasteiger partial charge in [-0.3, -0.25) is 9.78 Å². The number of carbonyl (C=O) groups excluding carboxylic acids is 1. The van der Waals surface area contributed by atoms with E-state index < -0.39 is 21.9 Å². The van der Waals surface area contributed by atoms with Gasteiger partial charge in [0.05, 0.1) is 23.7 Å². The van der Waals surface area contributed by atoms with Gasteiger partial charge in [-0.05, 0) is 37.5 Å². The number of rotatable bonds is 5. The van der Waals surface area contributed by atoms with E-state index >= 15 is 0 Å². The van der Waals surface area contributed by atoms with Crippen molar-refractivity contribution < 1.29 is 17.6 Å². The quantitative estimate of drug-likeness (QED) is 0.782. The molecule has 0 atom stereocenters. The maximum Gasteiger partial charge on any atom is 0.281 e. The molecule has 0 unspecified atom stereocenters. The molecule has 30 heavy (non-hydrogen) atoms. The number of nitrogens with zero attached hydrogens (tertiary/aromatic N) is 4. The monoisotopic (exact) mass is 433 g/mol. The molecule has 1 aliphatic heterocycles. The Balaban J connectivity index is 1.79. The number of carbonyl (C=O) groups is 1. The summed E-state index contributed by atoms with van der Waals surface area (Å²) >= 11 is 0. The second-order valence-corrected chi connectivity index (χ2v) is 9.45. The Kier molecular flexibility index (Phi) is 6.30. The van der Waals surface area contributed by atoms with Crippen LogP contribution in [0.4, 0.5) is 10.2 Å². The first-order valence-electron chi connectivity index (χ1n) is 9.36. The summed E-state index contributed by atoms with van der Waals surface area (Å²) in [5, 5.41) is 2.55. The number of hydrogen-bond donors (Lipinski definition) is 1. The van der Waals surface area contributed by atoms with Gasteiger partial charge < -0.3 is 5.32 Å². The first-order valence-corrected chi connectivity index (χ1v) is 10.8. The lowest BCUT2D eigenvalue weighted by Crippen LogP contribution is -2.43. The van der Waals surface area contributed by atoms with Crippen molar-refractivity contribution in [2.24, 2.45) is 0 Å². The fourth-order valence-corrected chi connectivity index (χ4v) is 4.28. The van der Waals surface area contributed by atoms with Crippen LogP contribution in [0.1, 0.15) is 35.0 Å². The molecule has 0 saturated heterocycles. The van der Waals surface area contributed by atoms with Crippen LogP contribution in [0.2, 0.25) is 0 Å². The topological polar surface area (TPSA) is 95.5 Å². The van der Waals surface area contributed by atoms with Crippen molar-refractivity contribution in [3.8, 4) is 0 Å². The fraction of sp³-hybridized carbons (Fsp3) is 0.350. The summed E-state index contributed by atoms with van der Waals surface area (Å²) < 4.78 is 41.5. The van der Waals surface area contributed by atoms with Gasteiger partial charge in [-0.2, -0.15) is 17.0 Å². The third-order valence-corrected chi connectivity index (χ3v) is 6.91. The summed E-state index contributed by atoms with van der Waals surface area (Å²) in [6, 6.07) is 4.41. The second kappa shape index (κ2) is 8.58. The Bertz CT molecular complexity index is 1080. The molecule has 8 nitrogen and oxygen atoms in total. The van der Waals surface area contributed by atoms with Crippen molar-refractivity contribution >= 4 is 27.5 Å². The lowest BCUT2D eigenvalue weighted by atomic mass is 10.0. The molecule has 0 saturated carbocycles. The number of benzene rings is 1. The maximum atomic E-state index is 14.0. The molecule has 2 aromatic rings. The van der Waals surface area contributed by atoms with E-state index in [1.165, 1.54) is 47.2 Å². The van der Waals surface area contributed by atoms with Crippen molar-refractivity contribution in [1.29, 1.82) is 0 Å². The zero-order valence-electron chi connectivity index (χ0n) is 17.3. The van der Waals surface area contributed by atoms with Crippen molar-refractivity contribution in [1.82, 2.24) is 18.6 Å². The summed E-state index contributed by atoms with van der Waals surface area (Å²) in [6.45, 7) is 4.19. The van der Waals surface area contributed by atoms with E-state index in [2.05, 4.69) is 15.3 Å². The molecule has 0 fully saturated rings. The fourth-order valence-electron chi connectivity index (χ4n) is 3.21. The van der Waals surface area contributed by atoms with Crippen LogP contribution in [0.25, 0.3) is 5.57 Å². The molecular weight excluding hydrogens is 409 g/mol. The van der Waals surface area contributed by atoms with Gasteiger partial charge in [-0.15, -0.1) is 0 Å².